The maximum atomic E-state index is 13.1. The zero-order valence-corrected chi connectivity index (χ0v) is 38.4. The van der Waals surface area contributed by atoms with Gasteiger partial charge >= 0.3 is 35.8 Å². The molecule has 64 heavy (non-hydrogen) atoms. The van der Waals surface area contributed by atoms with Gasteiger partial charge in [0.25, 0.3) is 0 Å². The molecule has 13 nitrogen and oxygen atoms in total. The number of hydrogen-bond acceptors (Lipinski definition) is 13. The predicted octanol–water partition coefficient (Wildman–Crippen LogP) is 9.07. The number of carbonyl (C=O) groups is 6. The molecule has 3 rings (SSSR count). The highest BCUT2D eigenvalue weighted by Crippen LogP contribution is 2.39. The molecule has 0 heterocycles. The third-order valence-corrected chi connectivity index (χ3v) is 11.2. The molecule has 13 heteroatoms. The van der Waals surface area contributed by atoms with E-state index in [0.29, 0.717) is 24.5 Å². The third kappa shape index (κ3) is 17.3. The Kier molecular flexibility index (Phi) is 21.8. The van der Waals surface area contributed by atoms with Crippen molar-refractivity contribution in [2.45, 2.75) is 104 Å². The first kappa shape index (κ1) is 52.4. The van der Waals surface area contributed by atoms with E-state index in [9.17, 15) is 28.8 Å². The van der Waals surface area contributed by atoms with E-state index >= 15 is 0 Å². The van der Waals surface area contributed by atoms with E-state index < -0.39 is 73.9 Å². The summed E-state index contributed by atoms with van der Waals surface area (Å²) in [5, 5.41) is 0. The minimum atomic E-state index is -1.58. The Balaban J connectivity index is 1.97. The molecule has 348 valence electrons. The number of esters is 6. The van der Waals surface area contributed by atoms with E-state index in [1.165, 1.54) is 63.9 Å². The molecular formula is C51H66O13. The summed E-state index contributed by atoms with van der Waals surface area (Å²) in [5.74, 6) is -2.88. The summed E-state index contributed by atoms with van der Waals surface area (Å²) >= 11 is 0. The molecule has 2 aromatic rings. The molecule has 0 bridgehead atoms. The van der Waals surface area contributed by atoms with E-state index in [-0.39, 0.29) is 35.5 Å². The Bertz CT molecular complexity index is 1940. The van der Waals surface area contributed by atoms with Crippen LogP contribution in [0.15, 0.2) is 91.1 Å². The van der Waals surface area contributed by atoms with Gasteiger partial charge in [0.15, 0.2) is 0 Å². The van der Waals surface area contributed by atoms with Crippen molar-refractivity contribution in [1.29, 1.82) is 0 Å². The largest absolute Gasteiger partial charge is 0.492 e. The molecule has 0 saturated heterocycles. The third-order valence-electron chi connectivity index (χ3n) is 11.2. The lowest BCUT2D eigenvalue weighted by atomic mass is 9.77. The number of aryl methyl sites for hydroxylation is 1. The highest BCUT2D eigenvalue weighted by molar-refractivity contribution is 5.94. The lowest BCUT2D eigenvalue weighted by molar-refractivity contribution is -0.161. The summed E-state index contributed by atoms with van der Waals surface area (Å²) in [7, 11) is 2.32. The average Bonchev–Trinajstić information content (AvgIpc) is 3.29. The van der Waals surface area contributed by atoms with Gasteiger partial charge < -0.3 is 33.2 Å². The highest BCUT2D eigenvalue weighted by atomic mass is 16.6. The number of methoxy groups -OCH3 is 2. The van der Waals surface area contributed by atoms with Crippen molar-refractivity contribution in [2.24, 2.45) is 11.3 Å². The van der Waals surface area contributed by atoms with Gasteiger partial charge in [-0.3, -0.25) is 9.59 Å². The fourth-order valence-electron chi connectivity index (χ4n) is 7.16. The van der Waals surface area contributed by atoms with E-state index in [0.717, 1.165) is 36.8 Å². The van der Waals surface area contributed by atoms with Crippen molar-refractivity contribution in [3.63, 3.8) is 0 Å². The Morgan fingerprint density at radius 1 is 0.625 bits per heavy atom. The summed E-state index contributed by atoms with van der Waals surface area (Å²) < 4.78 is 37.9. The summed E-state index contributed by atoms with van der Waals surface area (Å²) in [6.07, 6.45) is 10.0. The van der Waals surface area contributed by atoms with Gasteiger partial charge in [-0.25, -0.2) is 19.2 Å². The number of rotatable bonds is 27. The molecule has 0 spiro atoms. The molecule has 2 aromatic carbocycles. The topological polar surface area (TPSA) is 167 Å². The van der Waals surface area contributed by atoms with Crippen molar-refractivity contribution >= 4 is 35.8 Å². The monoisotopic (exact) mass is 886 g/mol. The number of ether oxygens (including phenoxy) is 7. The van der Waals surface area contributed by atoms with E-state index in [1.54, 1.807) is 13.0 Å². The minimum Gasteiger partial charge on any atom is -0.492 e. The molecule has 1 aliphatic rings. The van der Waals surface area contributed by atoms with Crippen LogP contribution in [-0.2, 0) is 63.6 Å². The number of unbranched alkanes of at least 4 members (excludes halogenated alkanes) is 2. The lowest BCUT2D eigenvalue weighted by Gasteiger charge is -2.32. The van der Waals surface area contributed by atoms with E-state index in [4.69, 9.17) is 23.7 Å². The molecule has 1 saturated carbocycles. The van der Waals surface area contributed by atoms with Crippen LogP contribution in [0.1, 0.15) is 108 Å². The van der Waals surface area contributed by atoms with E-state index in [2.05, 4.69) is 67.0 Å². The zero-order chi connectivity index (χ0) is 47.2. The standard InChI is InChI=1S/C51H66O13/c1-10-11-12-14-38-16-18-39(19-17-38)40-20-22-41(23-21-40)42-24-25-44(43(29-42)15-13-26-60-47(54)34(2)3)61-30-51(31-62-48(55)35(4)5,32-63-49(56)36(6)27-45(52)58-8)33-64-50(57)37(7)28-46(53)59-9/h20-25,29,38-39H,2,4,6-7,10-19,26-28,30-33H2,1,3,5,8-9H3. The first-order chi connectivity index (χ1) is 30.5. The summed E-state index contributed by atoms with van der Waals surface area (Å²) in [4.78, 5) is 74.9. The molecule has 0 radical (unpaired) electrons. The normalized spacial score (nSPS) is 14.6. The second kappa shape index (κ2) is 26.6. The van der Waals surface area contributed by atoms with Crippen LogP contribution in [-0.4, -0.2) is 83.1 Å². The molecule has 0 amide bonds. The zero-order valence-electron chi connectivity index (χ0n) is 38.4. The van der Waals surface area contributed by atoms with Gasteiger partial charge in [0.1, 0.15) is 37.6 Å². The van der Waals surface area contributed by atoms with E-state index in [1.807, 2.05) is 12.1 Å². The summed E-state index contributed by atoms with van der Waals surface area (Å²) in [6.45, 7) is 18.0. The van der Waals surface area contributed by atoms with Crippen molar-refractivity contribution in [1.82, 2.24) is 0 Å². The second-order valence-electron chi connectivity index (χ2n) is 16.7. The fraction of sp³-hybridized carbons (Fsp3) is 0.490. The van der Waals surface area contributed by atoms with Gasteiger partial charge in [0, 0.05) is 22.3 Å². The summed E-state index contributed by atoms with van der Waals surface area (Å²) in [5.41, 5.74) is 2.35. The minimum absolute atomic E-state index is 0.0742. The fourth-order valence-corrected chi connectivity index (χ4v) is 7.16. The van der Waals surface area contributed by atoms with Crippen molar-refractivity contribution < 1.29 is 61.9 Å². The molecular weight excluding hydrogens is 821 g/mol. The van der Waals surface area contributed by atoms with Crippen molar-refractivity contribution in [2.75, 3.05) is 47.3 Å². The van der Waals surface area contributed by atoms with Crippen LogP contribution in [0.5, 0.6) is 5.75 Å². The van der Waals surface area contributed by atoms with Crippen LogP contribution in [0.3, 0.4) is 0 Å². The van der Waals surface area contributed by atoms with Gasteiger partial charge in [-0.15, -0.1) is 0 Å². The molecule has 0 aromatic heterocycles. The quantitative estimate of drug-likeness (QED) is 0.0361. The number of benzene rings is 2. The second-order valence-corrected chi connectivity index (χ2v) is 16.7. The van der Waals surface area contributed by atoms with Crippen LogP contribution in [0.4, 0.5) is 0 Å². The van der Waals surface area contributed by atoms with Gasteiger partial charge in [-0.05, 0) is 98.6 Å². The number of carbonyl (C=O) groups excluding carboxylic acids is 6. The van der Waals surface area contributed by atoms with Gasteiger partial charge in [-0.1, -0.05) is 89.3 Å². The van der Waals surface area contributed by atoms with Crippen molar-refractivity contribution in [3.8, 4) is 16.9 Å². The summed E-state index contributed by atoms with van der Waals surface area (Å²) in [6, 6.07) is 14.4. The number of hydrogen-bond donors (Lipinski definition) is 0. The van der Waals surface area contributed by atoms with Crippen molar-refractivity contribution in [3.05, 3.63) is 102 Å². The Morgan fingerprint density at radius 2 is 1.14 bits per heavy atom. The van der Waals surface area contributed by atoms with Crippen LogP contribution >= 0.6 is 0 Å². The first-order valence-electron chi connectivity index (χ1n) is 21.9. The maximum absolute atomic E-state index is 13.1. The highest BCUT2D eigenvalue weighted by Gasteiger charge is 2.38. The SMILES string of the molecule is C=C(C)C(=O)OCCCc1cc(-c2ccc(C3CCC(CCCCC)CC3)cc2)ccc1OCC(COC(=O)C(=C)C)(COC(=O)C(=C)CC(=O)OC)COC(=O)C(=C)CC(=O)OC. The Labute approximate surface area is 378 Å². The molecule has 1 fully saturated rings. The molecule has 0 N–H and O–H groups in total. The van der Waals surface area contributed by atoms with Gasteiger partial charge in [0.2, 0.25) is 0 Å². The molecule has 0 aliphatic heterocycles. The maximum Gasteiger partial charge on any atom is 0.334 e. The van der Waals surface area contributed by atoms with Crippen LogP contribution in [0.25, 0.3) is 11.1 Å². The molecule has 0 atom stereocenters. The van der Waals surface area contributed by atoms with Crippen LogP contribution in [0, 0.1) is 11.3 Å². The lowest BCUT2D eigenvalue weighted by Crippen LogP contribution is -2.44. The smallest absolute Gasteiger partial charge is 0.334 e. The van der Waals surface area contributed by atoms with Crippen LogP contribution in [0.2, 0.25) is 0 Å². The van der Waals surface area contributed by atoms with Gasteiger partial charge in [-0.2, -0.15) is 0 Å². The molecule has 0 unspecified atom stereocenters. The Hall–Kier alpha value is -5.98. The average molecular weight is 887 g/mol. The molecule has 1 aliphatic carbocycles. The Morgan fingerprint density at radius 3 is 1.66 bits per heavy atom. The predicted molar refractivity (Wildman–Crippen MR) is 242 cm³/mol. The van der Waals surface area contributed by atoms with Crippen LogP contribution < -0.4 is 4.74 Å². The van der Waals surface area contributed by atoms with Gasteiger partial charge in [0.05, 0.1) is 33.7 Å². The first-order valence-corrected chi connectivity index (χ1v) is 21.9.